The summed E-state index contributed by atoms with van der Waals surface area (Å²) in [7, 11) is 0. The van der Waals surface area contributed by atoms with Crippen molar-refractivity contribution >= 4 is 56.0 Å². The minimum atomic E-state index is -0.912. The Morgan fingerprint density at radius 3 is 2.39 bits per heavy atom. The molecule has 0 aromatic heterocycles. The third-order valence-electron chi connectivity index (χ3n) is 7.46. The van der Waals surface area contributed by atoms with E-state index < -0.39 is 35.8 Å². The van der Waals surface area contributed by atoms with Gasteiger partial charge in [0.1, 0.15) is 6.04 Å². The number of anilines is 1. The van der Waals surface area contributed by atoms with Crippen molar-refractivity contribution in [3.8, 4) is 0 Å². The van der Waals surface area contributed by atoms with Crippen molar-refractivity contribution in [2.45, 2.75) is 19.0 Å². The average molecular weight is 571 g/mol. The second-order valence-corrected chi connectivity index (χ2v) is 10.4. The first kappa shape index (κ1) is 24.3. The highest BCUT2D eigenvalue weighted by Crippen LogP contribution is 2.48. The lowest BCUT2D eigenvalue weighted by Crippen LogP contribution is -2.46. The van der Waals surface area contributed by atoms with Gasteiger partial charge in [-0.1, -0.05) is 64.5 Å². The Kier molecular flexibility index (Phi) is 5.99. The van der Waals surface area contributed by atoms with Gasteiger partial charge in [-0.2, -0.15) is 0 Å². The maximum atomic E-state index is 14.1. The molecule has 190 valence electrons. The minimum absolute atomic E-state index is 0.210. The van der Waals surface area contributed by atoms with Gasteiger partial charge in [0.25, 0.3) is 0 Å². The Bertz CT molecular complexity index is 1560. The van der Waals surface area contributed by atoms with Crippen molar-refractivity contribution in [1.82, 2.24) is 4.90 Å². The SMILES string of the molecule is CCOC(=O)C1=C[C@H]2[C@H]3C(=O)N(c4cccc5ccccc45)C(=O)[C@@H]3[C@H](C(=O)c3ccc(Br)cc3)N2C=C1. The van der Waals surface area contributed by atoms with E-state index in [0.717, 1.165) is 15.2 Å². The lowest BCUT2D eigenvalue weighted by molar-refractivity contribution is -0.138. The van der Waals surface area contributed by atoms with Crippen molar-refractivity contribution in [3.05, 3.63) is 101 Å². The summed E-state index contributed by atoms with van der Waals surface area (Å²) in [4.78, 5) is 57.5. The van der Waals surface area contributed by atoms with Crippen molar-refractivity contribution in [2.24, 2.45) is 11.8 Å². The molecule has 38 heavy (non-hydrogen) atoms. The molecule has 0 bridgehead atoms. The monoisotopic (exact) mass is 570 g/mol. The second kappa shape index (κ2) is 9.36. The highest BCUT2D eigenvalue weighted by molar-refractivity contribution is 9.10. The van der Waals surface area contributed by atoms with Crippen LogP contribution in [0.1, 0.15) is 17.3 Å². The highest BCUT2D eigenvalue weighted by atomic mass is 79.9. The first-order valence-electron chi connectivity index (χ1n) is 12.4. The summed E-state index contributed by atoms with van der Waals surface area (Å²) in [5.41, 5.74) is 1.23. The Balaban J connectivity index is 1.47. The number of Topliss-reactive ketones (excluding diaryl/α,β-unsaturated/α-hetero) is 1. The average Bonchev–Trinajstić information content (AvgIpc) is 3.40. The third-order valence-corrected chi connectivity index (χ3v) is 7.99. The first-order chi connectivity index (χ1) is 18.4. The topological polar surface area (TPSA) is 84.0 Å². The fourth-order valence-electron chi connectivity index (χ4n) is 5.82. The van der Waals surface area contributed by atoms with Gasteiger partial charge in [-0.15, -0.1) is 0 Å². The van der Waals surface area contributed by atoms with Gasteiger partial charge in [-0.25, -0.2) is 9.69 Å². The number of ketones is 1. The molecule has 0 saturated carbocycles. The normalized spacial score (nSPS) is 23.9. The maximum Gasteiger partial charge on any atom is 0.337 e. The van der Waals surface area contributed by atoms with Crippen LogP contribution in [0.15, 0.2) is 95.1 Å². The maximum absolute atomic E-state index is 14.1. The van der Waals surface area contributed by atoms with Crippen LogP contribution in [0.25, 0.3) is 10.8 Å². The summed E-state index contributed by atoms with van der Waals surface area (Å²) in [5.74, 6) is -3.31. The molecule has 2 amide bonds. The number of hydrogen-bond donors (Lipinski definition) is 0. The molecule has 0 spiro atoms. The molecule has 6 rings (SSSR count). The van der Waals surface area contributed by atoms with Crippen LogP contribution in [0.3, 0.4) is 0 Å². The Morgan fingerprint density at radius 2 is 1.63 bits per heavy atom. The van der Waals surface area contributed by atoms with E-state index in [1.54, 1.807) is 60.5 Å². The summed E-state index contributed by atoms with van der Waals surface area (Å²) in [6, 6.07) is 18.4. The molecule has 0 N–H and O–H groups in total. The summed E-state index contributed by atoms with van der Waals surface area (Å²) < 4.78 is 6.00. The van der Waals surface area contributed by atoms with E-state index >= 15 is 0 Å². The summed E-state index contributed by atoms with van der Waals surface area (Å²) in [6.07, 6.45) is 4.87. The van der Waals surface area contributed by atoms with Crippen LogP contribution < -0.4 is 4.90 Å². The summed E-state index contributed by atoms with van der Waals surface area (Å²) in [5, 5.41) is 1.67. The molecule has 4 atom stereocenters. The predicted molar refractivity (Wildman–Crippen MR) is 145 cm³/mol. The number of rotatable bonds is 5. The number of hydrogen-bond acceptors (Lipinski definition) is 6. The largest absolute Gasteiger partial charge is 0.462 e. The van der Waals surface area contributed by atoms with Gasteiger partial charge in [-0.05, 0) is 42.7 Å². The van der Waals surface area contributed by atoms with Crippen LogP contribution in [0, 0.1) is 11.8 Å². The number of amides is 2. The second-order valence-electron chi connectivity index (χ2n) is 9.47. The molecular weight excluding hydrogens is 548 g/mol. The molecule has 3 aromatic rings. The number of carbonyl (C=O) groups excluding carboxylic acids is 4. The third kappa shape index (κ3) is 3.70. The number of carbonyl (C=O) groups is 4. The van der Waals surface area contributed by atoms with E-state index in [1.807, 2.05) is 36.4 Å². The van der Waals surface area contributed by atoms with Crippen LogP contribution in [-0.4, -0.2) is 47.2 Å². The van der Waals surface area contributed by atoms with Gasteiger partial charge >= 0.3 is 5.97 Å². The molecule has 0 aliphatic carbocycles. The molecule has 2 fully saturated rings. The van der Waals surface area contributed by atoms with Gasteiger partial charge in [-0.3, -0.25) is 14.4 Å². The Hall–Kier alpha value is -4.04. The van der Waals surface area contributed by atoms with Crippen LogP contribution in [0.2, 0.25) is 0 Å². The fraction of sp³-hybridized carbons (Fsp3) is 0.200. The quantitative estimate of drug-likeness (QED) is 0.252. The molecule has 8 heteroatoms. The minimum Gasteiger partial charge on any atom is -0.462 e. The van der Waals surface area contributed by atoms with Crippen LogP contribution in [0.4, 0.5) is 5.69 Å². The molecule has 2 saturated heterocycles. The number of imide groups is 1. The molecule has 3 aliphatic heterocycles. The Labute approximate surface area is 227 Å². The fourth-order valence-corrected chi connectivity index (χ4v) is 6.09. The number of fused-ring (bicyclic) bond motifs is 4. The van der Waals surface area contributed by atoms with E-state index in [4.69, 9.17) is 4.74 Å². The van der Waals surface area contributed by atoms with Gasteiger partial charge in [0.15, 0.2) is 5.78 Å². The zero-order valence-corrected chi connectivity index (χ0v) is 22.0. The standard InChI is InChI=1S/C30H23BrN2O5/c1-2-38-30(37)19-14-15-32-23(16-19)24-25(26(32)27(34)18-10-12-20(31)13-11-18)29(36)33(28(24)35)22-9-5-7-17-6-3-4-8-21(17)22/h3-16,23-26H,2H2,1H3/t23-,24+,25-,26+/m0/s1. The van der Waals surface area contributed by atoms with E-state index in [9.17, 15) is 19.2 Å². The summed E-state index contributed by atoms with van der Waals surface area (Å²) in [6.45, 7) is 1.93. The van der Waals surface area contributed by atoms with Gasteiger partial charge in [0, 0.05) is 21.6 Å². The zero-order valence-electron chi connectivity index (χ0n) is 20.4. The number of ether oxygens (including phenoxy) is 1. The van der Waals surface area contributed by atoms with E-state index in [0.29, 0.717) is 16.8 Å². The smallest absolute Gasteiger partial charge is 0.337 e. The number of benzene rings is 3. The highest BCUT2D eigenvalue weighted by Gasteiger charge is 2.63. The van der Waals surface area contributed by atoms with Crippen molar-refractivity contribution in [2.75, 3.05) is 11.5 Å². The molecule has 0 radical (unpaired) electrons. The number of esters is 1. The van der Waals surface area contributed by atoms with Crippen LogP contribution in [0.5, 0.6) is 0 Å². The van der Waals surface area contributed by atoms with E-state index in [-0.39, 0.29) is 18.3 Å². The van der Waals surface area contributed by atoms with E-state index in [1.165, 1.54) is 4.90 Å². The van der Waals surface area contributed by atoms with Crippen LogP contribution in [-0.2, 0) is 19.1 Å². The van der Waals surface area contributed by atoms with Gasteiger partial charge in [0.2, 0.25) is 11.8 Å². The van der Waals surface area contributed by atoms with Crippen molar-refractivity contribution < 1.29 is 23.9 Å². The molecule has 3 aliphatic rings. The summed E-state index contributed by atoms with van der Waals surface area (Å²) >= 11 is 3.39. The van der Waals surface area contributed by atoms with Crippen molar-refractivity contribution in [1.29, 1.82) is 0 Å². The lowest BCUT2D eigenvalue weighted by Gasteiger charge is -2.32. The number of nitrogens with zero attached hydrogens (tertiary/aromatic N) is 2. The predicted octanol–water partition coefficient (Wildman–Crippen LogP) is 4.66. The molecule has 3 heterocycles. The molecule has 3 aromatic carbocycles. The van der Waals surface area contributed by atoms with Gasteiger partial charge < -0.3 is 9.64 Å². The van der Waals surface area contributed by atoms with Crippen LogP contribution >= 0.6 is 15.9 Å². The number of halogens is 1. The zero-order chi connectivity index (χ0) is 26.6. The molecule has 7 nitrogen and oxygen atoms in total. The Morgan fingerprint density at radius 1 is 0.921 bits per heavy atom. The lowest BCUT2D eigenvalue weighted by atomic mass is 9.86. The first-order valence-corrected chi connectivity index (χ1v) is 13.2. The van der Waals surface area contributed by atoms with Gasteiger partial charge in [0.05, 0.1) is 35.7 Å². The molecular formula is C30H23BrN2O5. The van der Waals surface area contributed by atoms with E-state index in [2.05, 4.69) is 15.9 Å². The van der Waals surface area contributed by atoms with Crippen molar-refractivity contribution in [3.63, 3.8) is 0 Å². The molecule has 0 unspecified atom stereocenters.